The summed E-state index contributed by atoms with van der Waals surface area (Å²) in [5.74, 6) is -0.460. The van der Waals surface area contributed by atoms with E-state index in [-0.39, 0.29) is 23.7 Å². The summed E-state index contributed by atoms with van der Waals surface area (Å²) >= 11 is 0. The molecular formula is C16H17N3O2. The minimum atomic E-state index is -0.246. The summed E-state index contributed by atoms with van der Waals surface area (Å²) in [5.41, 5.74) is 0.957. The van der Waals surface area contributed by atoms with Crippen LogP contribution in [0.15, 0.2) is 24.3 Å². The number of hydrogen-bond donors (Lipinski definition) is 1. The SMILES string of the molecule is N#Cc1ccccc1NC(=O)C1CC1C(=O)N1CCCC1. The third-order valence-corrected chi connectivity index (χ3v) is 4.17. The van der Waals surface area contributed by atoms with Crippen LogP contribution in [0.2, 0.25) is 0 Å². The van der Waals surface area contributed by atoms with Gasteiger partial charge in [-0.25, -0.2) is 0 Å². The second-order valence-corrected chi connectivity index (χ2v) is 5.63. The lowest BCUT2D eigenvalue weighted by atomic mass is 10.2. The monoisotopic (exact) mass is 283 g/mol. The Labute approximate surface area is 123 Å². The zero-order chi connectivity index (χ0) is 14.8. The van der Waals surface area contributed by atoms with E-state index >= 15 is 0 Å². The van der Waals surface area contributed by atoms with Gasteiger partial charge in [-0.1, -0.05) is 12.1 Å². The predicted octanol–water partition coefficient (Wildman–Crippen LogP) is 1.76. The Hall–Kier alpha value is -2.35. The van der Waals surface area contributed by atoms with Crippen LogP contribution in [-0.4, -0.2) is 29.8 Å². The molecule has 0 bridgehead atoms. The van der Waals surface area contributed by atoms with Crippen LogP contribution in [0.5, 0.6) is 0 Å². The van der Waals surface area contributed by atoms with Gasteiger partial charge in [-0.2, -0.15) is 5.26 Å². The number of amides is 2. The number of nitrogens with zero attached hydrogens (tertiary/aromatic N) is 2. The average Bonchev–Trinajstić information content (AvgIpc) is 3.12. The van der Waals surface area contributed by atoms with Crippen molar-refractivity contribution in [1.29, 1.82) is 5.26 Å². The number of nitriles is 1. The third-order valence-electron chi connectivity index (χ3n) is 4.17. The van der Waals surface area contributed by atoms with E-state index in [1.807, 2.05) is 11.0 Å². The summed E-state index contributed by atoms with van der Waals surface area (Å²) in [6.45, 7) is 1.64. The molecule has 2 amide bonds. The zero-order valence-corrected chi connectivity index (χ0v) is 11.7. The van der Waals surface area contributed by atoms with Gasteiger partial charge in [-0.15, -0.1) is 0 Å². The smallest absolute Gasteiger partial charge is 0.228 e. The number of para-hydroxylation sites is 1. The molecule has 1 aromatic carbocycles. The lowest BCUT2D eigenvalue weighted by molar-refractivity contribution is -0.133. The lowest BCUT2D eigenvalue weighted by Gasteiger charge is -2.14. The first-order valence-corrected chi connectivity index (χ1v) is 7.29. The van der Waals surface area contributed by atoms with E-state index < -0.39 is 0 Å². The number of rotatable bonds is 3. The normalized spacial score (nSPS) is 23.5. The molecule has 21 heavy (non-hydrogen) atoms. The highest BCUT2D eigenvalue weighted by Gasteiger charge is 2.49. The number of carbonyl (C=O) groups is 2. The standard InChI is InChI=1S/C16H17N3O2/c17-10-11-5-1-2-6-14(11)18-15(20)12-9-13(12)16(21)19-7-3-4-8-19/h1-2,5-6,12-13H,3-4,7-9H2,(H,18,20). The molecule has 0 spiro atoms. The molecule has 0 radical (unpaired) electrons. The maximum absolute atomic E-state index is 12.2. The van der Waals surface area contributed by atoms with Crippen molar-refractivity contribution in [3.8, 4) is 6.07 Å². The Kier molecular flexibility index (Phi) is 3.61. The van der Waals surface area contributed by atoms with Crippen molar-refractivity contribution in [2.24, 2.45) is 11.8 Å². The van der Waals surface area contributed by atoms with Crippen molar-refractivity contribution in [2.45, 2.75) is 19.3 Å². The van der Waals surface area contributed by atoms with Gasteiger partial charge in [0.2, 0.25) is 11.8 Å². The van der Waals surface area contributed by atoms with Gasteiger partial charge in [0.25, 0.3) is 0 Å². The molecule has 1 N–H and O–H groups in total. The van der Waals surface area contributed by atoms with Crippen molar-refractivity contribution < 1.29 is 9.59 Å². The van der Waals surface area contributed by atoms with Crippen LogP contribution in [0.4, 0.5) is 5.69 Å². The fourth-order valence-corrected chi connectivity index (χ4v) is 2.84. The summed E-state index contributed by atoms with van der Waals surface area (Å²) in [5, 5.41) is 11.8. The highest BCUT2D eigenvalue weighted by molar-refractivity contribution is 6.00. The number of nitrogens with one attached hydrogen (secondary N) is 1. The molecule has 3 rings (SSSR count). The van der Waals surface area contributed by atoms with Gasteiger partial charge in [0.15, 0.2) is 0 Å². The van der Waals surface area contributed by atoms with Crippen molar-refractivity contribution in [3.05, 3.63) is 29.8 Å². The van der Waals surface area contributed by atoms with E-state index in [2.05, 4.69) is 5.32 Å². The number of anilines is 1. The highest BCUT2D eigenvalue weighted by Crippen LogP contribution is 2.41. The van der Waals surface area contributed by atoms with E-state index in [4.69, 9.17) is 5.26 Å². The second-order valence-electron chi connectivity index (χ2n) is 5.63. The van der Waals surface area contributed by atoms with Gasteiger partial charge in [0, 0.05) is 13.1 Å². The topological polar surface area (TPSA) is 73.2 Å². The number of carbonyl (C=O) groups excluding carboxylic acids is 2. The predicted molar refractivity (Wildman–Crippen MR) is 77.2 cm³/mol. The fourth-order valence-electron chi connectivity index (χ4n) is 2.84. The molecule has 1 aliphatic carbocycles. The molecule has 1 heterocycles. The Bertz CT molecular complexity index is 614. The van der Waals surface area contributed by atoms with Crippen molar-refractivity contribution in [2.75, 3.05) is 18.4 Å². The molecular weight excluding hydrogens is 266 g/mol. The van der Waals surface area contributed by atoms with Crippen molar-refractivity contribution >= 4 is 17.5 Å². The Morgan fingerprint density at radius 1 is 1.19 bits per heavy atom. The summed E-state index contributed by atoms with van der Waals surface area (Å²) in [6.07, 6.45) is 2.74. The van der Waals surface area contributed by atoms with Crippen LogP contribution in [0.3, 0.4) is 0 Å². The average molecular weight is 283 g/mol. The van der Waals surface area contributed by atoms with Crippen molar-refractivity contribution in [3.63, 3.8) is 0 Å². The molecule has 1 saturated carbocycles. The van der Waals surface area contributed by atoms with Crippen LogP contribution < -0.4 is 5.32 Å². The third kappa shape index (κ3) is 2.75. The molecule has 5 nitrogen and oxygen atoms in total. The quantitative estimate of drug-likeness (QED) is 0.918. The molecule has 0 aromatic heterocycles. The Morgan fingerprint density at radius 2 is 1.90 bits per heavy atom. The van der Waals surface area contributed by atoms with Gasteiger partial charge in [0.1, 0.15) is 6.07 Å². The second kappa shape index (κ2) is 5.57. The maximum atomic E-state index is 12.2. The van der Waals surface area contributed by atoms with Crippen LogP contribution >= 0.6 is 0 Å². The van der Waals surface area contributed by atoms with Crippen LogP contribution in [0.25, 0.3) is 0 Å². The van der Waals surface area contributed by atoms with E-state index in [0.717, 1.165) is 25.9 Å². The first-order valence-electron chi connectivity index (χ1n) is 7.29. The molecule has 5 heteroatoms. The first-order chi connectivity index (χ1) is 10.2. The van der Waals surface area contributed by atoms with Crippen LogP contribution in [-0.2, 0) is 9.59 Å². The van der Waals surface area contributed by atoms with Crippen LogP contribution in [0, 0.1) is 23.2 Å². The van der Waals surface area contributed by atoms with Gasteiger partial charge in [-0.3, -0.25) is 9.59 Å². The molecule has 1 aromatic rings. The largest absolute Gasteiger partial charge is 0.342 e. The van der Waals surface area contributed by atoms with Gasteiger partial charge >= 0.3 is 0 Å². The van der Waals surface area contributed by atoms with E-state index in [0.29, 0.717) is 17.7 Å². The number of hydrogen-bond acceptors (Lipinski definition) is 3. The number of benzene rings is 1. The molecule has 2 unspecified atom stereocenters. The highest BCUT2D eigenvalue weighted by atomic mass is 16.2. The molecule has 108 valence electrons. The molecule has 2 fully saturated rings. The van der Waals surface area contributed by atoms with Gasteiger partial charge < -0.3 is 10.2 Å². The van der Waals surface area contributed by atoms with Gasteiger partial charge in [0.05, 0.1) is 23.1 Å². The maximum Gasteiger partial charge on any atom is 0.228 e. The van der Waals surface area contributed by atoms with Crippen molar-refractivity contribution in [1.82, 2.24) is 4.90 Å². The summed E-state index contributed by atoms with van der Waals surface area (Å²) in [7, 11) is 0. The minimum Gasteiger partial charge on any atom is -0.342 e. The Morgan fingerprint density at radius 3 is 2.62 bits per heavy atom. The molecule has 1 saturated heterocycles. The van der Waals surface area contributed by atoms with E-state index in [1.54, 1.807) is 24.3 Å². The molecule has 1 aliphatic heterocycles. The summed E-state index contributed by atoms with van der Waals surface area (Å²) < 4.78 is 0. The molecule has 2 atom stereocenters. The molecule has 2 aliphatic rings. The Balaban J connectivity index is 1.60. The fraction of sp³-hybridized carbons (Fsp3) is 0.438. The summed E-state index contributed by atoms with van der Waals surface area (Å²) in [4.78, 5) is 26.2. The van der Waals surface area contributed by atoms with Crippen LogP contribution in [0.1, 0.15) is 24.8 Å². The summed E-state index contributed by atoms with van der Waals surface area (Å²) in [6, 6.07) is 8.94. The number of likely N-dealkylation sites (tertiary alicyclic amines) is 1. The lowest BCUT2D eigenvalue weighted by Crippen LogP contribution is -2.30. The minimum absolute atomic E-state index is 0.112. The zero-order valence-electron chi connectivity index (χ0n) is 11.7. The van der Waals surface area contributed by atoms with E-state index in [9.17, 15) is 9.59 Å². The first kappa shape index (κ1) is 13.6. The van der Waals surface area contributed by atoms with E-state index in [1.165, 1.54) is 0 Å². The van der Waals surface area contributed by atoms with Gasteiger partial charge in [-0.05, 0) is 31.4 Å².